The van der Waals surface area contributed by atoms with Crippen LogP contribution in [0, 0.1) is 5.92 Å². The van der Waals surface area contributed by atoms with Gasteiger partial charge in [0.25, 0.3) is 0 Å². The van der Waals surface area contributed by atoms with Crippen molar-refractivity contribution in [2.75, 3.05) is 18.0 Å². The van der Waals surface area contributed by atoms with Gasteiger partial charge in [0.05, 0.1) is 6.26 Å². The molecule has 0 bridgehead atoms. The van der Waals surface area contributed by atoms with E-state index in [9.17, 15) is 9.59 Å². The quantitative estimate of drug-likeness (QED) is 0.856. The normalized spacial score (nSPS) is 17.5. The molecule has 1 saturated heterocycles. The molecule has 5 nitrogen and oxygen atoms in total. The fraction of sp³-hybridized carbons (Fsp3) is 0.294. The zero-order valence-electron chi connectivity index (χ0n) is 12.5. The first kappa shape index (κ1) is 15.6. The van der Waals surface area contributed by atoms with Gasteiger partial charge in [-0.15, -0.1) is 0 Å². The van der Waals surface area contributed by atoms with Crippen molar-refractivity contribution in [2.45, 2.75) is 12.8 Å². The summed E-state index contributed by atoms with van der Waals surface area (Å²) < 4.78 is 5.21. The Morgan fingerprint density at radius 3 is 2.78 bits per heavy atom. The van der Waals surface area contributed by atoms with Gasteiger partial charge in [-0.05, 0) is 42.8 Å². The van der Waals surface area contributed by atoms with Crippen molar-refractivity contribution < 1.29 is 14.0 Å². The van der Waals surface area contributed by atoms with Gasteiger partial charge in [-0.2, -0.15) is 0 Å². The Balaban J connectivity index is 1.55. The molecule has 0 radical (unpaired) electrons. The van der Waals surface area contributed by atoms with Crippen molar-refractivity contribution in [1.29, 1.82) is 0 Å². The highest BCUT2D eigenvalue weighted by molar-refractivity contribution is 6.30. The van der Waals surface area contributed by atoms with Crippen molar-refractivity contribution in [1.82, 2.24) is 5.32 Å². The molecule has 23 heavy (non-hydrogen) atoms. The molecule has 2 heterocycles. The van der Waals surface area contributed by atoms with Crippen molar-refractivity contribution in [3.63, 3.8) is 0 Å². The van der Waals surface area contributed by atoms with Gasteiger partial charge in [0.15, 0.2) is 0 Å². The number of carbonyl (C=O) groups excluding carboxylic acids is 2. The first-order valence-corrected chi connectivity index (χ1v) is 7.90. The second-order valence-corrected chi connectivity index (χ2v) is 5.86. The molecule has 1 fully saturated rings. The molecule has 0 saturated carbocycles. The number of nitrogens with zero attached hydrogens (tertiary/aromatic N) is 1. The second-order valence-electron chi connectivity index (χ2n) is 5.43. The third-order valence-electron chi connectivity index (χ3n) is 3.91. The van der Waals surface area contributed by atoms with E-state index in [-0.39, 0.29) is 11.8 Å². The number of carbonyl (C=O) groups is 2. The smallest absolute Gasteiger partial charge is 0.239 e. The molecule has 1 aromatic heterocycles. The molecule has 0 spiro atoms. The fourth-order valence-corrected chi connectivity index (χ4v) is 2.81. The molecule has 120 valence electrons. The number of furan rings is 1. The monoisotopic (exact) mass is 332 g/mol. The Morgan fingerprint density at radius 2 is 2.09 bits per heavy atom. The molecule has 3 rings (SSSR count). The lowest BCUT2D eigenvalue weighted by atomic mass is 10.1. The predicted molar refractivity (Wildman–Crippen MR) is 87.3 cm³/mol. The minimum atomic E-state index is -0.623. The number of amides is 2. The Kier molecular flexibility index (Phi) is 4.67. The maximum atomic E-state index is 12.4. The number of halogens is 1. The second kappa shape index (κ2) is 6.87. The van der Waals surface area contributed by atoms with Gasteiger partial charge in [0, 0.05) is 30.2 Å². The summed E-state index contributed by atoms with van der Waals surface area (Å²) in [5.41, 5.74) is 0.769. The predicted octanol–water partition coefficient (Wildman–Crippen LogP) is 2.64. The molecule has 0 unspecified atom stereocenters. The van der Waals surface area contributed by atoms with E-state index < -0.39 is 5.92 Å². The van der Waals surface area contributed by atoms with Gasteiger partial charge in [-0.25, -0.2) is 0 Å². The van der Waals surface area contributed by atoms with Crippen molar-refractivity contribution in [3.8, 4) is 0 Å². The number of rotatable bonds is 5. The number of hydrogen-bond acceptors (Lipinski definition) is 3. The highest BCUT2D eigenvalue weighted by Gasteiger charge is 2.37. The summed E-state index contributed by atoms with van der Waals surface area (Å²) in [5, 5.41) is 3.43. The molecule has 1 aliphatic rings. The largest absolute Gasteiger partial charge is 0.469 e. The first-order chi connectivity index (χ1) is 11.1. The van der Waals surface area contributed by atoms with E-state index in [4.69, 9.17) is 16.0 Å². The minimum Gasteiger partial charge on any atom is -0.469 e. The van der Waals surface area contributed by atoms with Crippen LogP contribution in [0.4, 0.5) is 5.69 Å². The number of anilines is 1. The summed E-state index contributed by atoms with van der Waals surface area (Å²) in [5.74, 6) is -0.200. The summed E-state index contributed by atoms with van der Waals surface area (Å²) in [4.78, 5) is 26.3. The fourth-order valence-electron chi connectivity index (χ4n) is 2.69. The SMILES string of the molecule is O=C(NCCc1ccco1)[C@@H]1CCN(c2ccc(Cl)cc2)C1=O. The molecular formula is C17H17ClN2O3. The lowest BCUT2D eigenvalue weighted by Gasteiger charge is -2.16. The van der Waals surface area contributed by atoms with Crippen molar-refractivity contribution in [3.05, 3.63) is 53.4 Å². The molecule has 6 heteroatoms. The third kappa shape index (κ3) is 3.56. The molecular weight excluding hydrogens is 316 g/mol. The topological polar surface area (TPSA) is 62.6 Å². The van der Waals surface area contributed by atoms with Gasteiger partial charge in [0.2, 0.25) is 11.8 Å². The van der Waals surface area contributed by atoms with Crippen LogP contribution in [0.3, 0.4) is 0 Å². The summed E-state index contributed by atoms with van der Waals surface area (Å²) in [6.07, 6.45) is 2.73. The molecule has 1 aromatic carbocycles. The lowest BCUT2D eigenvalue weighted by molar-refractivity contribution is -0.132. The van der Waals surface area contributed by atoms with Crippen LogP contribution in [0.25, 0.3) is 0 Å². The van der Waals surface area contributed by atoms with Crippen LogP contribution in [0.2, 0.25) is 5.02 Å². The maximum absolute atomic E-state index is 12.4. The van der Waals surface area contributed by atoms with E-state index in [0.717, 1.165) is 11.4 Å². The van der Waals surface area contributed by atoms with E-state index in [1.54, 1.807) is 35.4 Å². The van der Waals surface area contributed by atoms with E-state index >= 15 is 0 Å². The third-order valence-corrected chi connectivity index (χ3v) is 4.16. The van der Waals surface area contributed by atoms with Gasteiger partial charge < -0.3 is 14.6 Å². The number of benzene rings is 1. The standard InChI is InChI=1S/C17H17ClN2O3/c18-12-3-5-13(6-4-12)20-10-8-15(17(20)22)16(21)19-9-7-14-2-1-11-23-14/h1-6,11,15H,7-10H2,(H,19,21)/t15-/m0/s1. The Labute approximate surface area is 139 Å². The zero-order valence-corrected chi connectivity index (χ0v) is 13.3. The van der Waals surface area contributed by atoms with Crippen LogP contribution >= 0.6 is 11.6 Å². The van der Waals surface area contributed by atoms with E-state index in [2.05, 4.69) is 5.32 Å². The zero-order chi connectivity index (χ0) is 16.2. The molecule has 2 aromatic rings. The molecule has 1 N–H and O–H groups in total. The summed E-state index contributed by atoms with van der Waals surface area (Å²) in [7, 11) is 0. The molecule has 0 aliphatic carbocycles. The van der Waals surface area contributed by atoms with Gasteiger partial charge >= 0.3 is 0 Å². The van der Waals surface area contributed by atoms with Crippen LogP contribution in [-0.4, -0.2) is 24.9 Å². The highest BCUT2D eigenvalue weighted by Crippen LogP contribution is 2.26. The van der Waals surface area contributed by atoms with Crippen molar-refractivity contribution in [2.24, 2.45) is 5.92 Å². The van der Waals surface area contributed by atoms with E-state index in [0.29, 0.717) is 31.0 Å². The Morgan fingerprint density at radius 1 is 1.30 bits per heavy atom. The Hall–Kier alpha value is -2.27. The first-order valence-electron chi connectivity index (χ1n) is 7.52. The van der Waals surface area contributed by atoms with Crippen LogP contribution < -0.4 is 10.2 Å². The maximum Gasteiger partial charge on any atom is 0.239 e. The van der Waals surface area contributed by atoms with Gasteiger partial charge in [-0.3, -0.25) is 9.59 Å². The minimum absolute atomic E-state index is 0.164. The Bertz CT molecular complexity index is 682. The molecule has 1 aliphatic heterocycles. The summed E-state index contributed by atoms with van der Waals surface area (Å²) in [6.45, 7) is 0.994. The van der Waals surface area contributed by atoms with E-state index in [1.165, 1.54) is 0 Å². The van der Waals surface area contributed by atoms with Crippen LogP contribution in [0.1, 0.15) is 12.2 Å². The molecule has 1 atom stereocenters. The average molecular weight is 333 g/mol. The van der Waals surface area contributed by atoms with Gasteiger partial charge in [-0.1, -0.05) is 11.6 Å². The van der Waals surface area contributed by atoms with Crippen LogP contribution in [-0.2, 0) is 16.0 Å². The average Bonchev–Trinajstić information content (AvgIpc) is 3.18. The lowest BCUT2D eigenvalue weighted by Crippen LogP contribution is -2.37. The van der Waals surface area contributed by atoms with Gasteiger partial charge in [0.1, 0.15) is 11.7 Å². The highest BCUT2D eigenvalue weighted by atomic mass is 35.5. The number of hydrogen-bond donors (Lipinski definition) is 1. The van der Waals surface area contributed by atoms with Crippen LogP contribution in [0.5, 0.6) is 0 Å². The summed E-state index contributed by atoms with van der Waals surface area (Å²) in [6, 6.07) is 10.7. The van der Waals surface area contributed by atoms with E-state index in [1.807, 2.05) is 12.1 Å². The van der Waals surface area contributed by atoms with Crippen LogP contribution in [0.15, 0.2) is 47.1 Å². The summed E-state index contributed by atoms with van der Waals surface area (Å²) >= 11 is 5.86. The molecule has 2 amide bonds. The number of nitrogens with one attached hydrogen (secondary N) is 1. The van der Waals surface area contributed by atoms with Crippen molar-refractivity contribution >= 4 is 29.1 Å².